The molecule has 6 heteroatoms. The van der Waals surface area contributed by atoms with E-state index in [1.54, 1.807) is 4.90 Å². The molecule has 0 saturated carbocycles. The van der Waals surface area contributed by atoms with Crippen LogP contribution in [-0.4, -0.2) is 47.2 Å². The van der Waals surface area contributed by atoms with Gasteiger partial charge in [-0.1, -0.05) is 19.1 Å². The first-order valence-electron chi connectivity index (χ1n) is 10.9. The number of carbonyl (C=O) groups is 2. The van der Waals surface area contributed by atoms with E-state index in [1.807, 2.05) is 24.3 Å². The summed E-state index contributed by atoms with van der Waals surface area (Å²) in [6, 6.07) is 11.1. The van der Waals surface area contributed by atoms with Gasteiger partial charge in [0.25, 0.3) is 5.91 Å². The molecule has 1 amide bonds. The van der Waals surface area contributed by atoms with E-state index in [0.29, 0.717) is 37.5 Å². The van der Waals surface area contributed by atoms with Crippen LogP contribution in [0, 0.1) is 17.6 Å². The average molecular weight is 429 g/mol. The van der Waals surface area contributed by atoms with Gasteiger partial charge in [0, 0.05) is 37.2 Å². The third kappa shape index (κ3) is 5.56. The number of hydrogen-bond acceptors (Lipinski definition) is 3. The number of piperidine rings is 1. The molecule has 3 rings (SSSR count). The van der Waals surface area contributed by atoms with Crippen molar-refractivity contribution in [3.63, 3.8) is 0 Å². The Bertz CT molecular complexity index is 920. The lowest BCUT2D eigenvalue weighted by Crippen LogP contribution is -2.40. The lowest BCUT2D eigenvalue weighted by atomic mass is 9.88. The van der Waals surface area contributed by atoms with Crippen LogP contribution in [0.2, 0.25) is 0 Å². The van der Waals surface area contributed by atoms with Crippen LogP contribution in [0.4, 0.5) is 8.78 Å². The van der Waals surface area contributed by atoms with E-state index in [4.69, 9.17) is 0 Å². The maximum absolute atomic E-state index is 13.9. The highest BCUT2D eigenvalue weighted by Crippen LogP contribution is 2.25. The maximum Gasteiger partial charge on any atom is 0.253 e. The van der Waals surface area contributed by atoms with Gasteiger partial charge in [-0.3, -0.25) is 14.5 Å². The SMILES string of the molecule is CCN(Cc1ccc(C(=O)N2CCC(C(=O)c3cc(F)ccc3F)CC2)cc1)C(C)C. The second-order valence-corrected chi connectivity index (χ2v) is 8.41. The predicted octanol–water partition coefficient (Wildman–Crippen LogP) is 4.93. The molecule has 0 N–H and O–H groups in total. The van der Waals surface area contributed by atoms with E-state index in [1.165, 1.54) is 0 Å². The van der Waals surface area contributed by atoms with Crippen molar-refractivity contribution in [2.45, 2.75) is 46.2 Å². The quantitative estimate of drug-likeness (QED) is 0.587. The fraction of sp³-hybridized carbons (Fsp3) is 0.440. The summed E-state index contributed by atoms with van der Waals surface area (Å²) in [5.41, 5.74) is 1.58. The molecule has 0 unspecified atom stereocenters. The minimum atomic E-state index is -0.705. The summed E-state index contributed by atoms with van der Waals surface area (Å²) in [6.07, 6.45) is 0.886. The number of Topliss-reactive ketones (excluding diaryl/α,β-unsaturated/α-hetero) is 1. The van der Waals surface area contributed by atoms with Crippen molar-refractivity contribution in [2.24, 2.45) is 5.92 Å². The van der Waals surface area contributed by atoms with Crippen LogP contribution in [0.3, 0.4) is 0 Å². The third-order valence-corrected chi connectivity index (χ3v) is 6.07. The summed E-state index contributed by atoms with van der Waals surface area (Å²) in [6.45, 7) is 9.11. The van der Waals surface area contributed by atoms with Gasteiger partial charge in [0.05, 0.1) is 5.56 Å². The molecule has 1 aliphatic heterocycles. The van der Waals surface area contributed by atoms with E-state index >= 15 is 0 Å². The normalized spacial score (nSPS) is 15.0. The zero-order valence-corrected chi connectivity index (χ0v) is 18.4. The van der Waals surface area contributed by atoms with Crippen LogP contribution in [0.1, 0.15) is 59.9 Å². The monoisotopic (exact) mass is 428 g/mol. The van der Waals surface area contributed by atoms with Gasteiger partial charge in [0.2, 0.25) is 0 Å². The van der Waals surface area contributed by atoms with Gasteiger partial charge in [-0.25, -0.2) is 8.78 Å². The number of halogens is 2. The van der Waals surface area contributed by atoms with Gasteiger partial charge >= 0.3 is 0 Å². The first kappa shape index (κ1) is 23.1. The summed E-state index contributed by atoms with van der Waals surface area (Å²) in [7, 11) is 0. The Labute approximate surface area is 182 Å². The zero-order chi connectivity index (χ0) is 22.5. The van der Waals surface area contributed by atoms with Gasteiger partial charge < -0.3 is 4.90 Å². The van der Waals surface area contributed by atoms with Gasteiger partial charge in [0.15, 0.2) is 5.78 Å². The Morgan fingerprint density at radius 2 is 1.71 bits per heavy atom. The molecule has 166 valence electrons. The van der Waals surface area contributed by atoms with Crippen molar-refractivity contribution < 1.29 is 18.4 Å². The standard InChI is InChI=1S/C25H30F2N2O2/c1-4-28(17(2)3)16-18-5-7-20(8-6-18)25(31)29-13-11-19(12-14-29)24(30)22-15-21(26)9-10-23(22)27/h5-10,15,17,19H,4,11-14,16H2,1-3H3. The molecule has 0 radical (unpaired) electrons. The Morgan fingerprint density at radius 1 is 1.06 bits per heavy atom. The number of hydrogen-bond donors (Lipinski definition) is 0. The molecule has 0 spiro atoms. The molecular weight excluding hydrogens is 398 g/mol. The van der Waals surface area contributed by atoms with Gasteiger partial charge in [-0.05, 0) is 69.1 Å². The second kappa shape index (κ2) is 10.1. The van der Waals surface area contributed by atoms with E-state index in [-0.39, 0.29) is 17.3 Å². The topological polar surface area (TPSA) is 40.6 Å². The number of rotatable bonds is 7. The molecule has 1 aliphatic rings. The van der Waals surface area contributed by atoms with Crippen molar-refractivity contribution in [3.8, 4) is 0 Å². The van der Waals surface area contributed by atoms with E-state index in [0.717, 1.165) is 36.9 Å². The number of nitrogens with zero attached hydrogens (tertiary/aromatic N) is 2. The summed E-state index contributed by atoms with van der Waals surface area (Å²) in [5.74, 6) is -2.19. The summed E-state index contributed by atoms with van der Waals surface area (Å²) in [4.78, 5) is 29.5. The fourth-order valence-corrected chi connectivity index (χ4v) is 4.08. The van der Waals surface area contributed by atoms with Crippen LogP contribution < -0.4 is 0 Å². The van der Waals surface area contributed by atoms with Crippen molar-refractivity contribution in [1.29, 1.82) is 0 Å². The number of likely N-dealkylation sites (tertiary alicyclic amines) is 1. The Balaban J connectivity index is 1.58. The van der Waals surface area contributed by atoms with Crippen LogP contribution in [0.15, 0.2) is 42.5 Å². The summed E-state index contributed by atoms with van der Waals surface area (Å²) in [5, 5.41) is 0. The Morgan fingerprint density at radius 3 is 2.29 bits per heavy atom. The molecule has 0 aliphatic carbocycles. The maximum atomic E-state index is 13.9. The van der Waals surface area contributed by atoms with E-state index < -0.39 is 17.6 Å². The van der Waals surface area contributed by atoms with E-state index in [2.05, 4.69) is 25.7 Å². The summed E-state index contributed by atoms with van der Waals surface area (Å²) >= 11 is 0. The van der Waals surface area contributed by atoms with Crippen LogP contribution in [0.5, 0.6) is 0 Å². The zero-order valence-electron chi connectivity index (χ0n) is 18.4. The third-order valence-electron chi connectivity index (χ3n) is 6.07. The number of ketones is 1. The molecule has 2 aromatic carbocycles. The van der Waals surface area contributed by atoms with Crippen LogP contribution in [-0.2, 0) is 6.54 Å². The predicted molar refractivity (Wildman–Crippen MR) is 117 cm³/mol. The van der Waals surface area contributed by atoms with Crippen molar-refractivity contribution in [3.05, 3.63) is 70.8 Å². The highest BCUT2D eigenvalue weighted by Gasteiger charge is 2.29. The molecule has 1 saturated heterocycles. The highest BCUT2D eigenvalue weighted by atomic mass is 19.1. The van der Waals surface area contributed by atoms with Gasteiger partial charge in [-0.2, -0.15) is 0 Å². The molecule has 31 heavy (non-hydrogen) atoms. The fourth-order valence-electron chi connectivity index (χ4n) is 4.08. The number of carbonyl (C=O) groups excluding carboxylic acids is 2. The second-order valence-electron chi connectivity index (χ2n) is 8.41. The number of benzene rings is 2. The molecule has 1 heterocycles. The first-order valence-corrected chi connectivity index (χ1v) is 10.9. The van der Waals surface area contributed by atoms with Crippen molar-refractivity contribution >= 4 is 11.7 Å². The molecule has 0 bridgehead atoms. The summed E-state index contributed by atoms with van der Waals surface area (Å²) < 4.78 is 27.3. The minimum Gasteiger partial charge on any atom is -0.339 e. The van der Waals surface area contributed by atoms with Crippen LogP contribution in [0.25, 0.3) is 0 Å². The lowest BCUT2D eigenvalue weighted by molar-refractivity contribution is 0.0649. The molecule has 1 fully saturated rings. The van der Waals surface area contributed by atoms with E-state index in [9.17, 15) is 18.4 Å². The van der Waals surface area contributed by atoms with Crippen molar-refractivity contribution in [2.75, 3.05) is 19.6 Å². The highest BCUT2D eigenvalue weighted by molar-refractivity contribution is 5.98. The van der Waals surface area contributed by atoms with Gasteiger partial charge in [-0.15, -0.1) is 0 Å². The molecule has 0 atom stereocenters. The van der Waals surface area contributed by atoms with Gasteiger partial charge in [0.1, 0.15) is 11.6 Å². The van der Waals surface area contributed by atoms with Crippen molar-refractivity contribution in [1.82, 2.24) is 9.80 Å². The Kier molecular flexibility index (Phi) is 7.55. The number of amides is 1. The van der Waals surface area contributed by atoms with Crippen LogP contribution >= 0.6 is 0 Å². The minimum absolute atomic E-state index is 0.0643. The lowest BCUT2D eigenvalue weighted by Gasteiger charge is -2.31. The average Bonchev–Trinajstić information content (AvgIpc) is 2.78. The first-order chi connectivity index (χ1) is 14.8. The molecular formula is C25H30F2N2O2. The molecule has 0 aromatic heterocycles. The molecule has 4 nitrogen and oxygen atoms in total. The smallest absolute Gasteiger partial charge is 0.253 e. The largest absolute Gasteiger partial charge is 0.339 e. The molecule has 2 aromatic rings. The Hall–Kier alpha value is -2.60.